The van der Waals surface area contributed by atoms with Crippen LogP contribution in [0.2, 0.25) is 16.6 Å². The fourth-order valence-corrected chi connectivity index (χ4v) is 11.9. The zero-order chi connectivity index (χ0) is 19.2. The number of aromatic nitrogens is 6. The van der Waals surface area contributed by atoms with Crippen LogP contribution in [0.5, 0.6) is 0 Å². The second kappa shape index (κ2) is 6.88. The number of nitrogens with zero attached hydrogens (tertiary/aromatic N) is 6. The summed E-state index contributed by atoms with van der Waals surface area (Å²) in [7, 11) is 0.0168. The molecule has 3 rings (SSSR count). The first-order valence-electron chi connectivity index (χ1n) is 9.13. The number of hydrogen-bond donors (Lipinski definition) is 0. The number of hydrogen-bond acceptors (Lipinski definition) is 4. The van der Waals surface area contributed by atoms with Gasteiger partial charge in [0.05, 0.1) is 5.52 Å². The molecule has 0 bridgehead atoms. The van der Waals surface area contributed by atoms with Gasteiger partial charge in [0.2, 0.25) is 4.73 Å². The van der Waals surface area contributed by atoms with Gasteiger partial charge in [-0.3, -0.25) is 0 Å². The maximum Gasteiger partial charge on any atom is 0.217 e. The molecular weight excluding hydrogens is 408 g/mol. The molecule has 6 nitrogen and oxygen atoms in total. The van der Waals surface area contributed by atoms with Crippen molar-refractivity contribution in [2.45, 2.75) is 58.2 Å². The molecule has 3 heterocycles. The fraction of sp³-hybridized carbons (Fsp3) is 0.556. The van der Waals surface area contributed by atoms with E-state index < -0.39 is 8.07 Å². The lowest BCUT2D eigenvalue weighted by Crippen LogP contribution is -2.58. The molecule has 140 valence electrons. The second-order valence-electron chi connectivity index (χ2n) is 7.87. The number of aryl methyl sites for hydroxylation is 1. The van der Waals surface area contributed by atoms with E-state index in [2.05, 4.69) is 101 Å². The predicted octanol–water partition coefficient (Wildman–Crippen LogP) is 4.17. The Morgan fingerprint density at radius 3 is 2.12 bits per heavy atom. The van der Waals surface area contributed by atoms with Gasteiger partial charge in [-0.1, -0.05) is 52.8 Å². The Morgan fingerprint density at radius 1 is 1.00 bits per heavy atom. The minimum absolute atomic E-state index is 0.558. The van der Waals surface area contributed by atoms with Crippen LogP contribution in [0, 0.1) is 0 Å². The van der Waals surface area contributed by atoms with E-state index in [1.54, 1.807) is 4.68 Å². The van der Waals surface area contributed by atoms with E-state index in [0.29, 0.717) is 21.4 Å². The second-order valence-corrected chi connectivity index (χ2v) is 14.4. The Morgan fingerprint density at radius 2 is 1.62 bits per heavy atom. The van der Waals surface area contributed by atoms with Crippen LogP contribution >= 0.6 is 15.9 Å². The molecule has 0 unspecified atom stereocenters. The summed E-state index contributed by atoms with van der Waals surface area (Å²) in [5.74, 6) is 0.718. The molecule has 0 aromatic carbocycles. The summed E-state index contributed by atoms with van der Waals surface area (Å²) in [6.45, 7) is 14.2. The standard InChI is InChI=1S/C18H27BrN6Si/c1-11(2)26(12(3)4,13(5)6)15-10-8-9-14-16(21-23-25(14)15)17-20-18(19)22-24(17)7/h8-13H,1-7H3. The minimum Gasteiger partial charge on any atom is -0.246 e. The van der Waals surface area contributed by atoms with Crippen LogP contribution in [0.15, 0.2) is 22.9 Å². The van der Waals surface area contributed by atoms with Crippen LogP contribution in [0.1, 0.15) is 41.5 Å². The number of rotatable bonds is 5. The minimum atomic E-state index is -1.86. The van der Waals surface area contributed by atoms with E-state index in [1.807, 2.05) is 7.05 Å². The molecule has 0 aliphatic heterocycles. The number of pyridine rings is 1. The molecule has 0 radical (unpaired) electrons. The van der Waals surface area contributed by atoms with Gasteiger partial charge in [0.15, 0.2) is 11.5 Å². The van der Waals surface area contributed by atoms with Crippen molar-refractivity contribution in [3.63, 3.8) is 0 Å². The van der Waals surface area contributed by atoms with Gasteiger partial charge in [0.1, 0.15) is 8.07 Å². The first-order chi connectivity index (χ1) is 12.2. The highest BCUT2D eigenvalue weighted by Gasteiger charge is 2.46. The first kappa shape index (κ1) is 19.2. The van der Waals surface area contributed by atoms with Gasteiger partial charge in [-0.25, -0.2) is 9.20 Å². The molecule has 0 saturated carbocycles. The fourth-order valence-electron chi connectivity index (χ4n) is 4.85. The maximum absolute atomic E-state index is 4.56. The zero-order valence-electron chi connectivity index (χ0n) is 16.5. The molecule has 0 saturated heterocycles. The van der Waals surface area contributed by atoms with Gasteiger partial charge in [-0.2, -0.15) is 4.98 Å². The Labute approximate surface area is 164 Å². The van der Waals surface area contributed by atoms with E-state index in [9.17, 15) is 0 Å². The maximum atomic E-state index is 4.56. The van der Waals surface area contributed by atoms with E-state index >= 15 is 0 Å². The summed E-state index contributed by atoms with van der Waals surface area (Å²) in [5, 5.41) is 14.7. The van der Waals surface area contributed by atoms with Gasteiger partial charge in [-0.15, -0.1) is 10.2 Å². The topological polar surface area (TPSA) is 60.9 Å². The monoisotopic (exact) mass is 434 g/mol. The van der Waals surface area contributed by atoms with Crippen LogP contribution in [-0.4, -0.2) is 37.7 Å². The lowest BCUT2D eigenvalue weighted by Gasteiger charge is -2.43. The van der Waals surface area contributed by atoms with Gasteiger partial charge in [0.25, 0.3) is 0 Å². The Balaban J connectivity index is 2.31. The van der Waals surface area contributed by atoms with Crippen molar-refractivity contribution in [3.8, 4) is 11.5 Å². The molecule has 0 aliphatic rings. The number of halogens is 1. The Bertz CT molecular complexity index is 905. The molecule has 3 aromatic rings. The third-order valence-electron chi connectivity index (χ3n) is 5.70. The molecule has 8 heteroatoms. The highest BCUT2D eigenvalue weighted by Crippen LogP contribution is 2.41. The molecular formula is C18H27BrN6Si. The first-order valence-corrected chi connectivity index (χ1v) is 12.2. The van der Waals surface area contributed by atoms with Crippen molar-refractivity contribution in [1.29, 1.82) is 0 Å². The van der Waals surface area contributed by atoms with Gasteiger partial charge >= 0.3 is 0 Å². The van der Waals surface area contributed by atoms with Crippen LogP contribution < -0.4 is 5.32 Å². The van der Waals surface area contributed by atoms with Crippen molar-refractivity contribution in [2.24, 2.45) is 7.05 Å². The Kier molecular flexibility index (Phi) is 5.09. The SMILES string of the molecule is CC(C)[Si](c1cccc2c(-c3nc(Br)nn3C)nnn12)(C(C)C)C(C)C. The van der Waals surface area contributed by atoms with Crippen LogP contribution in [0.25, 0.3) is 17.0 Å². The van der Waals surface area contributed by atoms with E-state index in [0.717, 1.165) is 17.0 Å². The zero-order valence-corrected chi connectivity index (χ0v) is 19.1. The summed E-state index contributed by atoms with van der Waals surface area (Å²) in [6, 6.07) is 6.46. The van der Waals surface area contributed by atoms with Crippen LogP contribution in [0.4, 0.5) is 0 Å². The average Bonchev–Trinajstić information content (AvgIpc) is 3.10. The van der Waals surface area contributed by atoms with Gasteiger partial charge in [-0.05, 0) is 44.7 Å². The van der Waals surface area contributed by atoms with Crippen LogP contribution in [0.3, 0.4) is 0 Å². The van der Waals surface area contributed by atoms with Crippen molar-refractivity contribution in [2.75, 3.05) is 0 Å². The summed E-state index contributed by atoms with van der Waals surface area (Å²) < 4.78 is 4.35. The van der Waals surface area contributed by atoms with Gasteiger partial charge in [0, 0.05) is 12.4 Å². The van der Waals surface area contributed by atoms with Gasteiger partial charge < -0.3 is 0 Å². The van der Waals surface area contributed by atoms with E-state index in [-0.39, 0.29) is 0 Å². The molecule has 0 aliphatic carbocycles. The lowest BCUT2D eigenvalue weighted by atomic mass is 10.3. The molecule has 0 amide bonds. The molecule has 0 N–H and O–H groups in total. The molecule has 0 atom stereocenters. The van der Waals surface area contributed by atoms with Crippen LogP contribution in [-0.2, 0) is 7.05 Å². The normalized spacial score (nSPS) is 12.9. The summed E-state index contributed by atoms with van der Waals surface area (Å²) in [6.07, 6.45) is 0. The quantitative estimate of drug-likeness (QED) is 0.565. The number of fused-ring (bicyclic) bond motifs is 1. The summed E-state index contributed by atoms with van der Waals surface area (Å²) in [4.78, 5) is 4.46. The van der Waals surface area contributed by atoms with E-state index in [4.69, 9.17) is 0 Å². The summed E-state index contributed by atoms with van der Waals surface area (Å²) >= 11 is 3.34. The highest BCUT2D eigenvalue weighted by molar-refractivity contribution is 9.10. The van der Waals surface area contributed by atoms with Crippen molar-refractivity contribution in [3.05, 3.63) is 22.9 Å². The highest BCUT2D eigenvalue weighted by atomic mass is 79.9. The Hall–Kier alpha value is -1.54. The average molecular weight is 435 g/mol. The molecule has 26 heavy (non-hydrogen) atoms. The molecule has 0 fully saturated rings. The van der Waals surface area contributed by atoms with E-state index in [1.165, 1.54) is 5.32 Å². The summed E-state index contributed by atoms with van der Waals surface area (Å²) in [5.41, 5.74) is 3.57. The molecule has 0 spiro atoms. The van der Waals surface area contributed by atoms with Crippen molar-refractivity contribution >= 4 is 34.8 Å². The lowest BCUT2D eigenvalue weighted by molar-refractivity contribution is 0.764. The largest absolute Gasteiger partial charge is 0.246 e. The van der Waals surface area contributed by atoms with Crippen molar-refractivity contribution < 1.29 is 0 Å². The smallest absolute Gasteiger partial charge is 0.217 e. The van der Waals surface area contributed by atoms with Crippen molar-refractivity contribution in [1.82, 2.24) is 29.6 Å². The third-order valence-corrected chi connectivity index (χ3v) is 13.0. The predicted molar refractivity (Wildman–Crippen MR) is 111 cm³/mol. The molecule has 3 aromatic heterocycles. The third kappa shape index (κ3) is 2.74.